The van der Waals surface area contributed by atoms with E-state index >= 15 is 0 Å². The molecule has 0 bridgehead atoms. The average molecular weight is 377 g/mol. The molecule has 0 spiro atoms. The topological polar surface area (TPSA) is 74.6 Å². The van der Waals surface area contributed by atoms with Gasteiger partial charge in [0.25, 0.3) is 0 Å². The van der Waals surface area contributed by atoms with Crippen LogP contribution < -0.4 is 0 Å². The molecule has 0 aliphatic heterocycles. The first-order valence-corrected chi connectivity index (χ1v) is 11.2. The summed E-state index contributed by atoms with van der Waals surface area (Å²) in [6.45, 7) is 4.81. The minimum atomic E-state index is -0.695. The number of carboxylic acid groups (broad SMARTS) is 1. The molecule has 4 aliphatic rings. The normalized spacial score (nSPS) is 49.2. The SMILES string of the molecule is CC12CC[C@@H](O)CC1CC(=O)[C@@H]1C2CC[C@@]2(C)C1CC[C@@H]2CCCC(=O)O. The van der Waals surface area contributed by atoms with Gasteiger partial charge in [0.15, 0.2) is 0 Å². The van der Waals surface area contributed by atoms with E-state index in [1.165, 1.54) is 6.42 Å². The zero-order chi connectivity index (χ0) is 19.4. The van der Waals surface area contributed by atoms with E-state index in [9.17, 15) is 14.7 Å². The lowest BCUT2D eigenvalue weighted by Gasteiger charge is -2.60. The van der Waals surface area contributed by atoms with E-state index in [1.54, 1.807) is 0 Å². The zero-order valence-electron chi connectivity index (χ0n) is 17.0. The van der Waals surface area contributed by atoms with Crippen molar-refractivity contribution in [1.29, 1.82) is 0 Å². The van der Waals surface area contributed by atoms with Crippen LogP contribution in [-0.4, -0.2) is 28.1 Å². The maximum absolute atomic E-state index is 13.3. The molecule has 0 amide bonds. The molecule has 0 radical (unpaired) electrons. The summed E-state index contributed by atoms with van der Waals surface area (Å²) < 4.78 is 0. The monoisotopic (exact) mass is 376 g/mol. The van der Waals surface area contributed by atoms with Gasteiger partial charge in [-0.3, -0.25) is 9.59 Å². The van der Waals surface area contributed by atoms with E-state index in [2.05, 4.69) is 13.8 Å². The van der Waals surface area contributed by atoms with Crippen molar-refractivity contribution in [2.24, 2.45) is 40.4 Å². The van der Waals surface area contributed by atoms with Gasteiger partial charge in [0, 0.05) is 18.8 Å². The first kappa shape index (κ1) is 19.4. The van der Waals surface area contributed by atoms with E-state index in [-0.39, 0.29) is 29.3 Å². The summed E-state index contributed by atoms with van der Waals surface area (Å²) in [6, 6.07) is 0. The van der Waals surface area contributed by atoms with Crippen LogP contribution in [0.2, 0.25) is 0 Å². The number of hydrogen-bond donors (Lipinski definition) is 2. The van der Waals surface area contributed by atoms with Crippen LogP contribution in [-0.2, 0) is 9.59 Å². The Kier molecular flexibility index (Phi) is 4.93. The van der Waals surface area contributed by atoms with Crippen molar-refractivity contribution in [1.82, 2.24) is 0 Å². The lowest BCUT2D eigenvalue weighted by Crippen LogP contribution is -2.57. The van der Waals surface area contributed by atoms with Crippen LogP contribution in [0.25, 0.3) is 0 Å². The van der Waals surface area contributed by atoms with Crippen molar-refractivity contribution in [2.75, 3.05) is 0 Å². The fourth-order valence-electron chi connectivity index (χ4n) is 7.99. The van der Waals surface area contributed by atoms with Gasteiger partial charge in [-0.05, 0) is 92.3 Å². The second-order valence-corrected chi connectivity index (χ2v) is 10.6. The molecule has 4 aliphatic carbocycles. The molecular weight excluding hydrogens is 340 g/mol. The van der Waals surface area contributed by atoms with Crippen molar-refractivity contribution >= 4 is 11.8 Å². The maximum Gasteiger partial charge on any atom is 0.303 e. The van der Waals surface area contributed by atoms with Gasteiger partial charge in [-0.2, -0.15) is 0 Å². The Morgan fingerprint density at radius 2 is 1.78 bits per heavy atom. The molecule has 4 fully saturated rings. The first-order chi connectivity index (χ1) is 12.8. The van der Waals surface area contributed by atoms with Crippen LogP contribution in [0.1, 0.15) is 84.5 Å². The van der Waals surface area contributed by atoms with Gasteiger partial charge in [-0.15, -0.1) is 0 Å². The Morgan fingerprint density at radius 1 is 1.07 bits per heavy atom. The standard InChI is InChI=1S/C23H36O4/c1-22-11-9-18-21(17(22)7-6-14(22)4-3-5-20(26)27)19(25)13-15-12-16(24)8-10-23(15,18)2/h14-18,21,24H,3-13H2,1-2H3,(H,26,27)/t14-,15?,16+,17?,18?,21-,22+,23?/m0/s1. The summed E-state index contributed by atoms with van der Waals surface area (Å²) in [5.41, 5.74) is 0.438. The van der Waals surface area contributed by atoms with Crippen molar-refractivity contribution in [3.8, 4) is 0 Å². The van der Waals surface area contributed by atoms with Gasteiger partial charge < -0.3 is 10.2 Å². The Balaban J connectivity index is 1.54. The molecule has 8 atom stereocenters. The number of aliphatic hydroxyl groups excluding tert-OH is 1. The lowest BCUT2D eigenvalue weighted by molar-refractivity contribution is -0.160. The molecule has 4 heteroatoms. The van der Waals surface area contributed by atoms with Crippen molar-refractivity contribution < 1.29 is 19.8 Å². The van der Waals surface area contributed by atoms with E-state index < -0.39 is 5.97 Å². The third kappa shape index (κ3) is 3.07. The summed E-state index contributed by atoms with van der Waals surface area (Å²) in [4.78, 5) is 24.2. The molecule has 152 valence electrons. The molecule has 4 unspecified atom stereocenters. The quantitative estimate of drug-likeness (QED) is 0.761. The van der Waals surface area contributed by atoms with Crippen molar-refractivity contribution in [3.05, 3.63) is 0 Å². The van der Waals surface area contributed by atoms with Gasteiger partial charge in [0.05, 0.1) is 6.10 Å². The van der Waals surface area contributed by atoms with E-state index in [0.717, 1.165) is 51.4 Å². The minimum Gasteiger partial charge on any atom is -0.481 e. The molecule has 0 heterocycles. The smallest absolute Gasteiger partial charge is 0.303 e. The van der Waals surface area contributed by atoms with Gasteiger partial charge in [-0.1, -0.05) is 13.8 Å². The summed E-state index contributed by atoms with van der Waals surface area (Å²) in [7, 11) is 0. The molecule has 27 heavy (non-hydrogen) atoms. The Bertz CT molecular complexity index is 615. The summed E-state index contributed by atoms with van der Waals surface area (Å²) in [5.74, 6) is 1.92. The summed E-state index contributed by atoms with van der Waals surface area (Å²) in [5, 5.41) is 19.1. The van der Waals surface area contributed by atoms with E-state index in [4.69, 9.17) is 5.11 Å². The third-order valence-electron chi connectivity index (χ3n) is 9.58. The molecule has 0 aromatic rings. The van der Waals surface area contributed by atoms with Crippen LogP contribution in [0.3, 0.4) is 0 Å². The number of Topliss-reactive ketones (excluding diaryl/α,β-unsaturated/α-hetero) is 1. The fraction of sp³-hybridized carbons (Fsp3) is 0.913. The van der Waals surface area contributed by atoms with Gasteiger partial charge in [0.1, 0.15) is 5.78 Å². The molecule has 4 nitrogen and oxygen atoms in total. The van der Waals surface area contributed by atoms with Crippen LogP contribution in [0.4, 0.5) is 0 Å². The number of hydrogen-bond acceptors (Lipinski definition) is 3. The summed E-state index contributed by atoms with van der Waals surface area (Å²) >= 11 is 0. The van der Waals surface area contributed by atoms with Crippen LogP contribution >= 0.6 is 0 Å². The number of carboxylic acids is 1. The number of carbonyl (C=O) groups is 2. The number of aliphatic carboxylic acids is 1. The Labute approximate surface area is 163 Å². The van der Waals surface area contributed by atoms with E-state index in [0.29, 0.717) is 35.9 Å². The van der Waals surface area contributed by atoms with Crippen LogP contribution in [0.15, 0.2) is 0 Å². The predicted molar refractivity (Wildman–Crippen MR) is 103 cm³/mol. The highest BCUT2D eigenvalue weighted by Crippen LogP contribution is 2.67. The number of rotatable bonds is 4. The number of ketones is 1. The largest absolute Gasteiger partial charge is 0.481 e. The second-order valence-electron chi connectivity index (χ2n) is 10.6. The lowest BCUT2D eigenvalue weighted by atomic mass is 9.44. The highest BCUT2D eigenvalue weighted by Gasteiger charge is 2.62. The number of fused-ring (bicyclic) bond motifs is 5. The van der Waals surface area contributed by atoms with Gasteiger partial charge >= 0.3 is 5.97 Å². The Hall–Kier alpha value is -0.900. The number of carbonyl (C=O) groups excluding carboxylic acids is 1. The average Bonchev–Trinajstić information content (AvgIpc) is 2.93. The predicted octanol–water partition coefficient (Wildman–Crippen LogP) is 4.44. The van der Waals surface area contributed by atoms with Gasteiger partial charge in [-0.25, -0.2) is 0 Å². The van der Waals surface area contributed by atoms with Gasteiger partial charge in [0.2, 0.25) is 0 Å². The zero-order valence-corrected chi connectivity index (χ0v) is 17.0. The highest BCUT2D eigenvalue weighted by atomic mass is 16.4. The molecular formula is C23H36O4. The van der Waals surface area contributed by atoms with Crippen molar-refractivity contribution in [2.45, 2.75) is 90.6 Å². The first-order valence-electron chi connectivity index (χ1n) is 11.2. The Morgan fingerprint density at radius 3 is 2.52 bits per heavy atom. The molecule has 4 rings (SSSR count). The minimum absolute atomic E-state index is 0.213. The molecule has 0 aromatic heterocycles. The highest BCUT2D eigenvalue weighted by molar-refractivity contribution is 5.83. The summed E-state index contributed by atoms with van der Waals surface area (Å²) in [6.07, 6.45) is 9.89. The molecule has 2 N–H and O–H groups in total. The second kappa shape index (κ2) is 6.86. The van der Waals surface area contributed by atoms with Crippen molar-refractivity contribution in [3.63, 3.8) is 0 Å². The number of aliphatic hydroxyl groups is 1. The molecule has 0 aromatic carbocycles. The third-order valence-corrected chi connectivity index (χ3v) is 9.58. The molecule has 0 saturated heterocycles. The van der Waals surface area contributed by atoms with Crippen LogP contribution in [0, 0.1) is 40.4 Å². The maximum atomic E-state index is 13.3. The molecule has 4 saturated carbocycles. The fourth-order valence-corrected chi connectivity index (χ4v) is 7.99. The van der Waals surface area contributed by atoms with E-state index in [1.807, 2.05) is 0 Å². The van der Waals surface area contributed by atoms with Crippen LogP contribution in [0.5, 0.6) is 0 Å².